The highest BCUT2D eigenvalue weighted by Gasteiger charge is 2.55. The van der Waals surface area contributed by atoms with Crippen LogP contribution in [0.3, 0.4) is 0 Å². The number of piperidine rings is 1. The summed E-state index contributed by atoms with van der Waals surface area (Å²) in [5.74, 6) is 0.491. The van der Waals surface area contributed by atoms with E-state index in [9.17, 15) is 0 Å². The molecule has 0 aromatic carbocycles. The largest absolute Gasteiger partial charge is 0.343 e. The topological polar surface area (TPSA) is 38.5 Å². The highest BCUT2D eigenvalue weighted by molar-refractivity contribution is 5.01. The van der Waals surface area contributed by atoms with E-state index in [2.05, 4.69) is 4.90 Å². The van der Waals surface area contributed by atoms with Gasteiger partial charge in [-0.3, -0.25) is 10.6 Å². The van der Waals surface area contributed by atoms with Crippen LogP contribution >= 0.6 is 0 Å². The van der Waals surface area contributed by atoms with Crippen molar-refractivity contribution in [2.45, 2.75) is 24.8 Å². The average molecular weight is 140 g/mol. The Hall–Kier alpha value is -0.120. The first-order valence-corrected chi connectivity index (χ1v) is 3.98. The quantitative estimate of drug-likeness (QED) is 0.503. The van der Waals surface area contributed by atoms with Crippen LogP contribution in [-0.4, -0.2) is 29.9 Å². The first-order chi connectivity index (χ1) is 4.76. The zero-order valence-electron chi connectivity index (χ0n) is 5.92. The minimum atomic E-state index is -0.340. The number of nitrogens with two attached hydrogens (primary N) is 1. The van der Waals surface area contributed by atoms with Crippen molar-refractivity contribution in [2.75, 3.05) is 13.1 Å². The summed E-state index contributed by atoms with van der Waals surface area (Å²) in [6.07, 6.45) is 2.76. The van der Waals surface area contributed by atoms with Crippen molar-refractivity contribution in [3.63, 3.8) is 0 Å². The Balaban J connectivity index is 2.04. The predicted octanol–water partition coefficient (Wildman–Crippen LogP) is -0.277. The molecule has 2 unspecified atom stereocenters. The maximum absolute atomic E-state index is 5.99. The van der Waals surface area contributed by atoms with Gasteiger partial charge in [-0.15, -0.1) is 0 Å². The molecule has 3 nitrogen and oxygen atoms in total. The maximum atomic E-state index is 5.99. The van der Waals surface area contributed by atoms with Crippen LogP contribution in [0.2, 0.25) is 0 Å². The van der Waals surface area contributed by atoms with Crippen LogP contribution in [0.4, 0.5) is 0 Å². The van der Waals surface area contributed by atoms with E-state index < -0.39 is 0 Å². The third-order valence-electron chi connectivity index (χ3n) is 2.99. The second kappa shape index (κ2) is 1.40. The molecule has 0 aliphatic carbocycles. The average Bonchev–Trinajstić information content (AvgIpc) is 2.14. The fourth-order valence-corrected chi connectivity index (χ4v) is 2.65. The molecule has 4 aliphatic heterocycles. The van der Waals surface area contributed by atoms with Gasteiger partial charge in [0.05, 0.1) is 6.10 Å². The molecule has 4 bridgehead atoms. The first-order valence-electron chi connectivity index (χ1n) is 3.98. The van der Waals surface area contributed by atoms with E-state index in [1.165, 1.54) is 13.0 Å². The molecule has 4 fully saturated rings. The molecule has 2 N–H and O–H groups in total. The monoisotopic (exact) mass is 140 g/mol. The second-order valence-corrected chi connectivity index (χ2v) is 3.80. The molecule has 4 atom stereocenters. The van der Waals surface area contributed by atoms with Gasteiger partial charge in [0.1, 0.15) is 0 Å². The molecule has 0 saturated carbocycles. The van der Waals surface area contributed by atoms with Crippen LogP contribution in [0.25, 0.3) is 0 Å². The molecule has 4 saturated heterocycles. The molecule has 4 heterocycles. The summed E-state index contributed by atoms with van der Waals surface area (Å²) in [7, 11) is 0. The number of hydrogen-bond acceptors (Lipinski definition) is 3. The number of rotatable bonds is 0. The molecule has 10 heavy (non-hydrogen) atoms. The van der Waals surface area contributed by atoms with Gasteiger partial charge < -0.3 is 4.74 Å². The van der Waals surface area contributed by atoms with Crippen LogP contribution in [0, 0.1) is 5.92 Å². The summed E-state index contributed by atoms with van der Waals surface area (Å²) in [6, 6.07) is 0. The number of nitrogens with zero attached hydrogens (tertiary/aromatic N) is 1. The van der Waals surface area contributed by atoms with E-state index in [0.29, 0.717) is 6.10 Å². The van der Waals surface area contributed by atoms with E-state index in [1.807, 2.05) is 0 Å². The highest BCUT2D eigenvalue weighted by Crippen LogP contribution is 2.45. The van der Waals surface area contributed by atoms with Gasteiger partial charge in [0.15, 0.2) is 5.85 Å². The Morgan fingerprint density at radius 1 is 1.50 bits per heavy atom. The number of ether oxygens (including phenoxy) is 1. The van der Waals surface area contributed by atoms with Gasteiger partial charge in [-0.25, -0.2) is 0 Å². The van der Waals surface area contributed by atoms with Gasteiger partial charge in [-0.2, -0.15) is 0 Å². The summed E-state index contributed by atoms with van der Waals surface area (Å²) < 4.78 is 5.64. The van der Waals surface area contributed by atoms with E-state index in [1.54, 1.807) is 0 Å². The van der Waals surface area contributed by atoms with Gasteiger partial charge in [-0.1, -0.05) is 0 Å². The lowest BCUT2D eigenvalue weighted by molar-refractivity contribution is -0.0992. The second-order valence-electron chi connectivity index (χ2n) is 3.80. The zero-order chi connectivity index (χ0) is 6.77. The number of hydrogen-bond donors (Lipinski definition) is 1. The van der Waals surface area contributed by atoms with Crippen molar-refractivity contribution in [2.24, 2.45) is 11.7 Å². The molecule has 4 rings (SSSR count). The maximum Gasteiger partial charge on any atom is 0.175 e. The van der Waals surface area contributed by atoms with E-state index in [-0.39, 0.29) is 5.85 Å². The molecule has 0 aromatic heterocycles. The van der Waals surface area contributed by atoms with Gasteiger partial charge >= 0.3 is 0 Å². The van der Waals surface area contributed by atoms with Crippen LogP contribution in [-0.2, 0) is 4.74 Å². The van der Waals surface area contributed by atoms with E-state index in [4.69, 9.17) is 10.5 Å². The molecule has 0 amide bonds. The molecular weight excluding hydrogens is 128 g/mol. The summed E-state index contributed by atoms with van der Waals surface area (Å²) in [5, 5.41) is 0. The lowest BCUT2D eigenvalue weighted by atomic mass is 9.96. The van der Waals surface area contributed by atoms with Crippen LogP contribution in [0.15, 0.2) is 0 Å². The van der Waals surface area contributed by atoms with Crippen LogP contribution in [0.1, 0.15) is 12.8 Å². The minimum absolute atomic E-state index is 0.340. The zero-order valence-corrected chi connectivity index (χ0v) is 5.92. The lowest BCUT2D eigenvalue weighted by Crippen LogP contribution is -2.48. The fourth-order valence-electron chi connectivity index (χ4n) is 2.65. The van der Waals surface area contributed by atoms with Crippen molar-refractivity contribution in [1.29, 1.82) is 0 Å². The standard InChI is InChI=1S/C7H12N2O/c8-7-2-5-1-6(10-7)4-9(7)3-5/h5-6H,1-4,8H2/t5-,6-,7?/m1/s1. The van der Waals surface area contributed by atoms with Crippen molar-refractivity contribution < 1.29 is 4.74 Å². The van der Waals surface area contributed by atoms with Gasteiger partial charge in [0.2, 0.25) is 0 Å². The molecule has 4 aliphatic rings. The van der Waals surface area contributed by atoms with Crippen molar-refractivity contribution in [3.8, 4) is 0 Å². The Labute approximate surface area is 60.1 Å². The Morgan fingerprint density at radius 3 is 3.00 bits per heavy atom. The summed E-state index contributed by atoms with van der Waals surface area (Å²) >= 11 is 0. The Kier molecular flexibility index (Phi) is 0.770. The minimum Gasteiger partial charge on any atom is -0.343 e. The molecule has 3 heteroatoms. The Morgan fingerprint density at radius 2 is 2.40 bits per heavy atom. The SMILES string of the molecule is NC12C[C@H]3C[C@H](CN1C3)O2. The van der Waals surface area contributed by atoms with Gasteiger partial charge in [0.25, 0.3) is 0 Å². The van der Waals surface area contributed by atoms with Gasteiger partial charge in [0, 0.05) is 19.5 Å². The Bertz CT molecular complexity index is 168. The van der Waals surface area contributed by atoms with Crippen molar-refractivity contribution in [3.05, 3.63) is 0 Å². The summed E-state index contributed by atoms with van der Waals surface area (Å²) in [4.78, 5) is 2.28. The highest BCUT2D eigenvalue weighted by atomic mass is 16.6. The molecule has 0 radical (unpaired) electrons. The smallest absolute Gasteiger partial charge is 0.175 e. The van der Waals surface area contributed by atoms with Crippen LogP contribution in [0.5, 0.6) is 0 Å². The van der Waals surface area contributed by atoms with E-state index >= 15 is 0 Å². The molecule has 0 spiro atoms. The molecule has 0 aromatic rings. The lowest BCUT2D eigenvalue weighted by Gasteiger charge is -2.27. The van der Waals surface area contributed by atoms with E-state index in [0.717, 1.165) is 18.9 Å². The predicted molar refractivity (Wildman–Crippen MR) is 36.1 cm³/mol. The third kappa shape index (κ3) is 0.480. The first kappa shape index (κ1) is 5.52. The normalized spacial score (nSPS) is 63.9. The molecule has 56 valence electrons. The summed E-state index contributed by atoms with van der Waals surface area (Å²) in [5.41, 5.74) is 5.99. The summed E-state index contributed by atoms with van der Waals surface area (Å²) in [6.45, 7) is 2.25. The molecular formula is C7H12N2O. The van der Waals surface area contributed by atoms with Crippen molar-refractivity contribution >= 4 is 0 Å². The van der Waals surface area contributed by atoms with Crippen molar-refractivity contribution in [1.82, 2.24) is 4.90 Å². The van der Waals surface area contributed by atoms with Crippen LogP contribution < -0.4 is 5.73 Å². The van der Waals surface area contributed by atoms with Gasteiger partial charge in [-0.05, 0) is 12.3 Å². The third-order valence-corrected chi connectivity index (χ3v) is 2.99. The fraction of sp³-hybridized carbons (Fsp3) is 1.00.